The molecule has 0 amide bonds. The van der Waals surface area contributed by atoms with Crippen LogP contribution in [0.15, 0.2) is 107 Å². The van der Waals surface area contributed by atoms with Crippen LogP contribution in [0.2, 0.25) is 0 Å². The van der Waals surface area contributed by atoms with Gasteiger partial charge in [0.1, 0.15) is 0 Å². The molecule has 5 aromatic rings. The maximum absolute atomic E-state index is 11.0. The molecule has 9 heteroatoms. The topological polar surface area (TPSA) is 76.2 Å². The van der Waals surface area contributed by atoms with Gasteiger partial charge in [0.2, 0.25) is 0 Å². The maximum Gasteiger partial charge on any atom is 0.269 e. The van der Waals surface area contributed by atoms with Crippen LogP contribution in [0.3, 0.4) is 0 Å². The van der Waals surface area contributed by atoms with E-state index in [0.717, 1.165) is 27.6 Å². The van der Waals surface area contributed by atoms with E-state index < -0.39 is 0 Å². The molecule has 1 saturated heterocycles. The minimum Gasteiger partial charge on any atom is -0.351 e. The van der Waals surface area contributed by atoms with Crippen LogP contribution in [0.5, 0.6) is 0 Å². The molecule has 0 unspecified atom stereocenters. The van der Waals surface area contributed by atoms with E-state index in [9.17, 15) is 10.1 Å². The molecular formula is C35H33N5O2S2. The van der Waals surface area contributed by atoms with Gasteiger partial charge in [0.15, 0.2) is 5.11 Å². The molecule has 2 atom stereocenters. The predicted molar refractivity (Wildman–Crippen MR) is 181 cm³/mol. The van der Waals surface area contributed by atoms with Gasteiger partial charge < -0.3 is 14.8 Å². The van der Waals surface area contributed by atoms with Gasteiger partial charge in [-0.15, -0.1) is 0 Å². The Labute approximate surface area is 267 Å². The third-order valence-corrected chi connectivity index (χ3v) is 9.54. The normalized spacial score (nSPS) is 16.3. The van der Waals surface area contributed by atoms with Crippen LogP contribution in [0.1, 0.15) is 52.8 Å². The Balaban J connectivity index is 1.40. The Morgan fingerprint density at radius 2 is 1.66 bits per heavy atom. The summed E-state index contributed by atoms with van der Waals surface area (Å²) in [7, 11) is 0. The number of nitrogens with zero attached hydrogens (tertiary/aromatic N) is 4. The SMILES string of the molecule is CCc1cccc(C)c1-n1c(C)cc([C@H]2[C@@H](c3ccccn3)NC(=S)N2c2ccc(Sc3ccc([N+](=O)[O-])cc3)cc2)c1C. The molecule has 1 aliphatic heterocycles. The van der Waals surface area contributed by atoms with E-state index in [0.29, 0.717) is 5.11 Å². The first-order valence-corrected chi connectivity index (χ1v) is 15.8. The maximum atomic E-state index is 11.0. The van der Waals surface area contributed by atoms with E-state index in [4.69, 9.17) is 17.2 Å². The van der Waals surface area contributed by atoms with Gasteiger partial charge in [-0.1, -0.05) is 43.0 Å². The standard InChI is InChI=1S/C35H33N5O2S2/c1-5-25-10-8-9-22(2)33(25)38-23(3)21-30(24(38)4)34-32(31-11-6-7-20-36-31)37-35(43)39(34)26-12-16-28(17-13-26)44-29-18-14-27(15-19-29)40(41)42/h6-21,32,34H,5H2,1-4H3,(H,37,43)/t32-,34+/m1/s1. The number of nitrogens with one attached hydrogen (secondary N) is 1. The number of para-hydroxylation sites is 1. The molecule has 0 spiro atoms. The summed E-state index contributed by atoms with van der Waals surface area (Å²) < 4.78 is 2.39. The molecule has 1 fully saturated rings. The fraction of sp³-hybridized carbons (Fsp3) is 0.200. The first kappa shape index (κ1) is 29.6. The number of anilines is 1. The summed E-state index contributed by atoms with van der Waals surface area (Å²) >= 11 is 7.57. The average Bonchev–Trinajstić information content (AvgIpc) is 3.52. The molecule has 0 saturated carbocycles. The molecule has 2 aromatic heterocycles. The smallest absolute Gasteiger partial charge is 0.269 e. The van der Waals surface area contributed by atoms with Crippen molar-refractivity contribution in [3.8, 4) is 5.69 Å². The molecule has 1 N–H and O–H groups in total. The molecule has 7 nitrogen and oxygen atoms in total. The van der Waals surface area contributed by atoms with Crippen LogP contribution >= 0.6 is 24.0 Å². The number of aryl methyl sites for hydroxylation is 3. The second-order valence-electron chi connectivity index (χ2n) is 10.9. The van der Waals surface area contributed by atoms with Crippen molar-refractivity contribution in [2.24, 2.45) is 0 Å². The first-order chi connectivity index (χ1) is 21.3. The van der Waals surface area contributed by atoms with Crippen molar-refractivity contribution < 1.29 is 4.92 Å². The highest BCUT2D eigenvalue weighted by Crippen LogP contribution is 2.44. The van der Waals surface area contributed by atoms with Crippen LogP contribution in [0.25, 0.3) is 5.69 Å². The lowest BCUT2D eigenvalue weighted by molar-refractivity contribution is -0.384. The summed E-state index contributed by atoms with van der Waals surface area (Å²) in [5, 5.41) is 15.3. The van der Waals surface area contributed by atoms with Crippen molar-refractivity contribution >= 4 is 40.5 Å². The Bertz CT molecular complexity index is 1840. The van der Waals surface area contributed by atoms with Crippen molar-refractivity contribution in [2.45, 2.75) is 56.0 Å². The van der Waals surface area contributed by atoms with E-state index in [1.165, 1.54) is 45.9 Å². The zero-order valence-corrected chi connectivity index (χ0v) is 26.7. The van der Waals surface area contributed by atoms with Crippen molar-refractivity contribution in [1.29, 1.82) is 0 Å². The summed E-state index contributed by atoms with van der Waals surface area (Å²) in [5.41, 5.74) is 9.36. The van der Waals surface area contributed by atoms with Crippen molar-refractivity contribution in [3.05, 3.63) is 141 Å². The van der Waals surface area contributed by atoms with Crippen molar-refractivity contribution in [2.75, 3.05) is 4.90 Å². The number of rotatable bonds is 8. The van der Waals surface area contributed by atoms with Gasteiger partial charge in [0.05, 0.1) is 28.4 Å². The van der Waals surface area contributed by atoms with E-state index in [1.807, 2.05) is 18.3 Å². The van der Waals surface area contributed by atoms with E-state index in [-0.39, 0.29) is 22.7 Å². The molecule has 44 heavy (non-hydrogen) atoms. The quantitative estimate of drug-likeness (QED) is 0.106. The van der Waals surface area contributed by atoms with Crippen LogP contribution in [0, 0.1) is 30.9 Å². The van der Waals surface area contributed by atoms with Crippen molar-refractivity contribution in [1.82, 2.24) is 14.9 Å². The van der Waals surface area contributed by atoms with Crippen molar-refractivity contribution in [3.63, 3.8) is 0 Å². The summed E-state index contributed by atoms with van der Waals surface area (Å²) in [6.07, 6.45) is 2.78. The van der Waals surface area contributed by atoms with Crippen LogP contribution in [-0.2, 0) is 6.42 Å². The number of thiocarbonyl (C=S) groups is 1. The second-order valence-corrected chi connectivity index (χ2v) is 12.5. The number of hydrogen-bond donors (Lipinski definition) is 1. The highest BCUT2D eigenvalue weighted by Gasteiger charge is 2.42. The minimum atomic E-state index is -0.383. The lowest BCUT2D eigenvalue weighted by Gasteiger charge is -2.28. The zero-order valence-electron chi connectivity index (χ0n) is 25.0. The lowest BCUT2D eigenvalue weighted by atomic mass is 9.96. The number of nitro groups is 1. The van der Waals surface area contributed by atoms with Gasteiger partial charge in [0.25, 0.3) is 5.69 Å². The van der Waals surface area contributed by atoms with Gasteiger partial charge in [0, 0.05) is 45.2 Å². The van der Waals surface area contributed by atoms with E-state index in [1.54, 1.807) is 23.9 Å². The third kappa shape index (κ3) is 5.49. The summed E-state index contributed by atoms with van der Waals surface area (Å²) in [4.78, 5) is 19.6. The van der Waals surface area contributed by atoms with Gasteiger partial charge >= 0.3 is 0 Å². The van der Waals surface area contributed by atoms with Gasteiger partial charge in [-0.05, 0) is 111 Å². The first-order valence-electron chi connectivity index (χ1n) is 14.6. The monoisotopic (exact) mass is 619 g/mol. The number of aromatic nitrogens is 2. The minimum absolute atomic E-state index is 0.0842. The average molecular weight is 620 g/mol. The molecule has 3 heterocycles. The lowest BCUT2D eigenvalue weighted by Crippen LogP contribution is -2.29. The molecule has 0 aliphatic carbocycles. The summed E-state index contributed by atoms with van der Waals surface area (Å²) in [5.74, 6) is 0. The number of nitro benzene ring substituents is 1. The van der Waals surface area contributed by atoms with Gasteiger partial charge in [-0.3, -0.25) is 15.1 Å². The number of non-ortho nitro benzene ring substituents is 1. The molecule has 6 rings (SSSR count). The predicted octanol–water partition coefficient (Wildman–Crippen LogP) is 8.60. The summed E-state index contributed by atoms with van der Waals surface area (Å²) in [6, 6.07) is 29.5. The Hall–Kier alpha value is -4.47. The van der Waals surface area contributed by atoms with Gasteiger partial charge in [-0.25, -0.2) is 0 Å². The van der Waals surface area contributed by atoms with Crippen LogP contribution < -0.4 is 10.2 Å². The molecule has 222 valence electrons. The number of hydrogen-bond acceptors (Lipinski definition) is 5. The molecule has 3 aromatic carbocycles. The van der Waals surface area contributed by atoms with Crippen LogP contribution in [-0.4, -0.2) is 19.6 Å². The largest absolute Gasteiger partial charge is 0.351 e. The van der Waals surface area contributed by atoms with Gasteiger partial charge in [-0.2, -0.15) is 0 Å². The van der Waals surface area contributed by atoms with E-state index in [2.05, 4.69) is 97.1 Å². The summed E-state index contributed by atoms with van der Waals surface area (Å²) in [6.45, 7) is 8.76. The van der Waals surface area contributed by atoms with E-state index >= 15 is 0 Å². The fourth-order valence-electron chi connectivity index (χ4n) is 6.15. The highest BCUT2D eigenvalue weighted by molar-refractivity contribution is 7.99. The second kappa shape index (κ2) is 12.3. The van der Waals surface area contributed by atoms with Crippen LogP contribution in [0.4, 0.5) is 11.4 Å². The molecular weight excluding hydrogens is 587 g/mol. The Kier molecular flexibility index (Phi) is 8.25. The Morgan fingerprint density at radius 1 is 0.955 bits per heavy atom. The highest BCUT2D eigenvalue weighted by atomic mass is 32.2. The Morgan fingerprint density at radius 3 is 2.30 bits per heavy atom. The number of pyridine rings is 1. The number of benzene rings is 3. The molecule has 1 aliphatic rings. The third-order valence-electron chi connectivity index (χ3n) is 8.21. The zero-order chi connectivity index (χ0) is 31.0. The molecule has 0 radical (unpaired) electrons. The molecule has 0 bridgehead atoms. The fourth-order valence-corrected chi connectivity index (χ4v) is 7.31.